The van der Waals surface area contributed by atoms with Gasteiger partial charge in [0.2, 0.25) is 10.0 Å². The molecule has 0 saturated carbocycles. The Bertz CT molecular complexity index is 547. The minimum Gasteiger partial charge on any atom is -0.377 e. The van der Waals surface area contributed by atoms with Crippen molar-refractivity contribution in [1.82, 2.24) is 4.31 Å². The topological polar surface area (TPSA) is 49.9 Å². The van der Waals surface area contributed by atoms with Gasteiger partial charge in [0.05, 0.1) is 6.10 Å². The summed E-state index contributed by atoms with van der Waals surface area (Å²) in [6.07, 6.45) is 0.367. The minimum atomic E-state index is -3.28. The van der Waals surface area contributed by atoms with Gasteiger partial charge < -0.3 is 9.64 Å². The molecule has 1 aliphatic rings. The Hall–Kier alpha value is -1.11. The largest absolute Gasteiger partial charge is 0.377 e. The fourth-order valence-electron chi connectivity index (χ4n) is 2.56. The van der Waals surface area contributed by atoms with E-state index in [1.807, 2.05) is 44.3 Å². The number of hydrogen-bond donors (Lipinski definition) is 0. The molecule has 1 aliphatic heterocycles. The summed E-state index contributed by atoms with van der Waals surface area (Å²) in [5.41, 5.74) is 1.08. The van der Waals surface area contributed by atoms with Gasteiger partial charge in [-0.1, -0.05) is 18.2 Å². The predicted molar refractivity (Wildman–Crippen MR) is 85.1 cm³/mol. The van der Waals surface area contributed by atoms with E-state index < -0.39 is 15.3 Å². The maximum atomic E-state index is 12.5. The first-order valence-electron chi connectivity index (χ1n) is 7.26. The van der Waals surface area contributed by atoms with E-state index >= 15 is 0 Å². The Kier molecular flexibility index (Phi) is 5.24. The number of para-hydroxylation sites is 1. The second-order valence-corrected chi connectivity index (χ2v) is 7.79. The first-order valence-corrected chi connectivity index (χ1v) is 8.76. The van der Waals surface area contributed by atoms with Crippen molar-refractivity contribution in [2.24, 2.45) is 0 Å². The predicted octanol–water partition coefficient (Wildman–Crippen LogP) is 1.56. The van der Waals surface area contributed by atoms with Crippen molar-refractivity contribution in [3.05, 3.63) is 30.3 Å². The van der Waals surface area contributed by atoms with E-state index in [1.165, 1.54) is 4.31 Å². The number of hydrogen-bond acceptors (Lipinski definition) is 4. The number of sulfonamides is 1. The number of rotatable bonds is 6. The Balaban J connectivity index is 1.93. The van der Waals surface area contributed by atoms with Crippen LogP contribution in [-0.4, -0.2) is 57.9 Å². The Morgan fingerprint density at radius 2 is 1.86 bits per heavy atom. The van der Waals surface area contributed by atoms with Gasteiger partial charge in [-0.25, -0.2) is 12.7 Å². The molecule has 118 valence electrons. The molecule has 0 aliphatic carbocycles. The molecular weight excluding hydrogens is 288 g/mol. The third-order valence-corrected chi connectivity index (χ3v) is 6.51. The number of anilines is 1. The van der Waals surface area contributed by atoms with Crippen LogP contribution in [0.15, 0.2) is 30.3 Å². The van der Waals surface area contributed by atoms with E-state index in [-0.39, 0.29) is 6.10 Å². The van der Waals surface area contributed by atoms with Crippen LogP contribution in [0.4, 0.5) is 5.69 Å². The fraction of sp³-hybridized carbons (Fsp3) is 0.600. The van der Waals surface area contributed by atoms with Crippen LogP contribution in [0.5, 0.6) is 0 Å². The molecule has 1 fully saturated rings. The van der Waals surface area contributed by atoms with Crippen LogP contribution in [0.25, 0.3) is 0 Å². The molecule has 0 N–H and O–H groups in total. The van der Waals surface area contributed by atoms with Crippen molar-refractivity contribution < 1.29 is 13.2 Å². The zero-order valence-corrected chi connectivity index (χ0v) is 13.7. The molecule has 1 saturated heterocycles. The van der Waals surface area contributed by atoms with E-state index in [0.29, 0.717) is 26.1 Å². The quantitative estimate of drug-likeness (QED) is 0.800. The molecule has 0 spiro atoms. The molecule has 21 heavy (non-hydrogen) atoms. The highest BCUT2D eigenvalue weighted by Gasteiger charge is 2.38. The second kappa shape index (κ2) is 6.77. The van der Waals surface area contributed by atoms with Gasteiger partial charge in [-0.15, -0.1) is 0 Å². The first kappa shape index (κ1) is 16.3. The molecule has 1 aromatic rings. The minimum absolute atomic E-state index is 0.218. The van der Waals surface area contributed by atoms with Crippen LogP contribution in [0, 0.1) is 0 Å². The van der Waals surface area contributed by atoms with Gasteiger partial charge in [-0.3, -0.25) is 0 Å². The molecule has 0 amide bonds. The van der Waals surface area contributed by atoms with E-state index in [4.69, 9.17) is 4.74 Å². The number of benzene rings is 1. The number of nitrogens with zero attached hydrogens (tertiary/aromatic N) is 2. The van der Waals surface area contributed by atoms with Crippen LogP contribution >= 0.6 is 0 Å². The van der Waals surface area contributed by atoms with Crippen LogP contribution < -0.4 is 4.90 Å². The zero-order chi connectivity index (χ0) is 15.5. The SMILES string of the molecule is C[C@@H]1OCC[C@H]1S(=O)(=O)N(C)CCN(C)c1ccccc1. The third-order valence-electron chi connectivity index (χ3n) is 4.07. The van der Waals surface area contributed by atoms with E-state index in [9.17, 15) is 8.42 Å². The molecule has 0 unspecified atom stereocenters. The van der Waals surface area contributed by atoms with Gasteiger partial charge in [-0.2, -0.15) is 0 Å². The van der Waals surface area contributed by atoms with Gasteiger partial charge in [0.15, 0.2) is 0 Å². The standard InChI is InChI=1S/C15H24N2O3S/c1-13-15(9-12-20-13)21(18,19)17(3)11-10-16(2)14-7-5-4-6-8-14/h4-8,13,15H,9-12H2,1-3H3/t13-,15+/m0/s1. The van der Waals surface area contributed by atoms with Gasteiger partial charge in [0.1, 0.15) is 5.25 Å². The smallest absolute Gasteiger partial charge is 0.219 e. The van der Waals surface area contributed by atoms with E-state index in [0.717, 1.165) is 5.69 Å². The molecule has 0 aromatic heterocycles. The Morgan fingerprint density at radius 1 is 1.19 bits per heavy atom. The highest BCUT2D eigenvalue weighted by Crippen LogP contribution is 2.23. The maximum Gasteiger partial charge on any atom is 0.219 e. The van der Waals surface area contributed by atoms with Crippen LogP contribution in [0.1, 0.15) is 13.3 Å². The number of likely N-dealkylation sites (N-methyl/N-ethyl adjacent to an activating group) is 2. The van der Waals surface area contributed by atoms with E-state index in [2.05, 4.69) is 4.90 Å². The van der Waals surface area contributed by atoms with Crippen molar-refractivity contribution in [1.29, 1.82) is 0 Å². The average Bonchev–Trinajstić information content (AvgIpc) is 2.92. The first-order chi connectivity index (χ1) is 9.93. The molecule has 6 heteroatoms. The summed E-state index contributed by atoms with van der Waals surface area (Å²) in [5, 5.41) is -0.412. The van der Waals surface area contributed by atoms with E-state index in [1.54, 1.807) is 7.05 Å². The zero-order valence-electron chi connectivity index (χ0n) is 12.9. The summed E-state index contributed by atoms with van der Waals surface area (Å²) in [6, 6.07) is 9.95. The van der Waals surface area contributed by atoms with Crippen molar-refractivity contribution >= 4 is 15.7 Å². The molecular formula is C15H24N2O3S. The summed E-state index contributed by atoms with van der Waals surface area (Å²) in [5.74, 6) is 0. The Labute approximate surface area is 127 Å². The molecule has 2 rings (SSSR count). The molecule has 0 radical (unpaired) electrons. The van der Waals surface area contributed by atoms with Crippen LogP contribution in [0.3, 0.4) is 0 Å². The van der Waals surface area contributed by atoms with Crippen molar-refractivity contribution in [3.63, 3.8) is 0 Å². The van der Waals surface area contributed by atoms with Gasteiger partial charge in [-0.05, 0) is 25.5 Å². The third kappa shape index (κ3) is 3.75. The molecule has 2 atom stereocenters. The summed E-state index contributed by atoms with van der Waals surface area (Å²) in [4.78, 5) is 2.06. The highest BCUT2D eigenvalue weighted by atomic mass is 32.2. The number of ether oxygens (including phenoxy) is 1. The lowest BCUT2D eigenvalue weighted by atomic mass is 10.3. The van der Waals surface area contributed by atoms with Crippen molar-refractivity contribution in [2.45, 2.75) is 24.7 Å². The highest BCUT2D eigenvalue weighted by molar-refractivity contribution is 7.89. The lowest BCUT2D eigenvalue weighted by molar-refractivity contribution is 0.125. The van der Waals surface area contributed by atoms with Gasteiger partial charge in [0.25, 0.3) is 0 Å². The molecule has 0 bridgehead atoms. The normalized spacial score (nSPS) is 22.7. The average molecular weight is 312 g/mol. The van der Waals surface area contributed by atoms with Gasteiger partial charge in [0, 0.05) is 39.5 Å². The van der Waals surface area contributed by atoms with Crippen molar-refractivity contribution in [3.8, 4) is 0 Å². The summed E-state index contributed by atoms with van der Waals surface area (Å²) < 4.78 is 31.9. The fourth-order valence-corrected chi connectivity index (χ4v) is 4.32. The van der Waals surface area contributed by atoms with Crippen molar-refractivity contribution in [2.75, 3.05) is 38.7 Å². The Morgan fingerprint density at radius 3 is 2.43 bits per heavy atom. The monoisotopic (exact) mass is 312 g/mol. The summed E-state index contributed by atoms with van der Waals surface area (Å²) >= 11 is 0. The van der Waals surface area contributed by atoms with Crippen LogP contribution in [-0.2, 0) is 14.8 Å². The lowest BCUT2D eigenvalue weighted by Crippen LogP contribution is -2.42. The maximum absolute atomic E-state index is 12.5. The molecule has 5 nitrogen and oxygen atoms in total. The molecule has 1 aromatic carbocycles. The summed E-state index contributed by atoms with van der Waals surface area (Å²) in [6.45, 7) is 3.49. The summed E-state index contributed by atoms with van der Waals surface area (Å²) in [7, 11) is 0.337. The molecule has 1 heterocycles. The second-order valence-electron chi connectivity index (χ2n) is 5.53. The van der Waals surface area contributed by atoms with Gasteiger partial charge >= 0.3 is 0 Å². The lowest BCUT2D eigenvalue weighted by Gasteiger charge is -2.26. The van der Waals surface area contributed by atoms with Crippen LogP contribution in [0.2, 0.25) is 0 Å².